The van der Waals surface area contributed by atoms with Crippen LogP contribution in [0.15, 0.2) is 34.8 Å². The number of benzene rings is 2. The zero-order valence-corrected chi connectivity index (χ0v) is 11.3. The van der Waals surface area contributed by atoms with Gasteiger partial charge in [0.2, 0.25) is 0 Å². The van der Waals surface area contributed by atoms with Crippen molar-refractivity contribution in [3.05, 3.63) is 68.9 Å². The average Bonchev–Trinajstić information content (AvgIpc) is 2.48. The number of hydrogen-bond acceptors (Lipinski definition) is 0. The third-order valence-corrected chi connectivity index (χ3v) is 4.16. The van der Waals surface area contributed by atoms with Crippen LogP contribution < -0.4 is 0 Å². The predicted octanol–water partition coefficient (Wildman–Crippen LogP) is 5.10. The fourth-order valence-corrected chi connectivity index (χ4v) is 2.85. The zero-order chi connectivity index (χ0) is 14.7. The molecule has 0 aliphatic heterocycles. The molecule has 0 fully saturated rings. The first-order valence-electron chi connectivity index (χ1n) is 5.65. The Hall–Kier alpha value is -1.43. The van der Waals surface area contributed by atoms with Gasteiger partial charge >= 0.3 is 0 Å². The van der Waals surface area contributed by atoms with Crippen molar-refractivity contribution < 1.29 is 22.0 Å². The van der Waals surface area contributed by atoms with Crippen LogP contribution in [0.3, 0.4) is 0 Å². The number of rotatable bonds is 1. The van der Waals surface area contributed by atoms with E-state index in [9.17, 15) is 22.0 Å². The first-order valence-corrected chi connectivity index (χ1v) is 6.44. The summed E-state index contributed by atoms with van der Waals surface area (Å²) in [6.45, 7) is 0. The molecule has 0 aromatic heterocycles. The lowest BCUT2D eigenvalue weighted by Crippen LogP contribution is -2.41. The van der Waals surface area contributed by atoms with Crippen molar-refractivity contribution in [2.24, 2.45) is 0 Å². The van der Waals surface area contributed by atoms with Gasteiger partial charge in [0.15, 0.2) is 23.5 Å². The Morgan fingerprint density at radius 3 is 2.15 bits per heavy atom. The van der Waals surface area contributed by atoms with E-state index < -0.39 is 44.9 Å². The average molecular weight is 349 g/mol. The van der Waals surface area contributed by atoms with Crippen LogP contribution in [0.1, 0.15) is 22.9 Å². The van der Waals surface area contributed by atoms with Crippen molar-refractivity contribution in [3.8, 4) is 0 Å². The largest absolute Gasteiger partial charge is 0.238 e. The molecule has 1 aliphatic carbocycles. The molecular formula is C14H6BrF5. The fourth-order valence-electron chi connectivity index (χ4n) is 2.46. The monoisotopic (exact) mass is 348 g/mol. The van der Waals surface area contributed by atoms with E-state index in [0.717, 1.165) is 0 Å². The van der Waals surface area contributed by atoms with Crippen LogP contribution in [0.25, 0.3) is 0 Å². The van der Waals surface area contributed by atoms with E-state index in [0.29, 0.717) is 0 Å². The van der Waals surface area contributed by atoms with Crippen LogP contribution in [-0.4, -0.2) is 0 Å². The Balaban J connectivity index is 2.31. The molecule has 3 rings (SSSR count). The molecule has 0 nitrogen and oxygen atoms in total. The summed E-state index contributed by atoms with van der Waals surface area (Å²) in [6, 6.07) is 6.92. The Morgan fingerprint density at radius 1 is 0.950 bits per heavy atom. The number of alkyl halides is 2. The molecule has 20 heavy (non-hydrogen) atoms. The van der Waals surface area contributed by atoms with Crippen molar-refractivity contribution in [2.45, 2.75) is 11.8 Å². The van der Waals surface area contributed by atoms with Crippen molar-refractivity contribution in [1.29, 1.82) is 0 Å². The van der Waals surface area contributed by atoms with Gasteiger partial charge in [0.25, 0.3) is 0 Å². The molecule has 6 heteroatoms. The van der Waals surface area contributed by atoms with E-state index in [-0.39, 0.29) is 5.56 Å². The highest BCUT2D eigenvalue weighted by Crippen LogP contribution is 2.60. The quantitative estimate of drug-likeness (QED) is 0.382. The smallest absolute Gasteiger partial charge is 0.199 e. The molecule has 0 saturated carbocycles. The van der Waals surface area contributed by atoms with Gasteiger partial charge in [-0.3, -0.25) is 0 Å². The summed E-state index contributed by atoms with van der Waals surface area (Å²) in [4.78, 5) is 0. The van der Waals surface area contributed by atoms with Gasteiger partial charge in [0.1, 0.15) is 5.82 Å². The second kappa shape index (κ2) is 4.28. The molecule has 0 spiro atoms. The number of fused-ring (bicyclic) bond motifs is 1. The minimum Gasteiger partial charge on any atom is -0.238 e. The normalized spacial score (nSPS) is 24.2. The first kappa shape index (κ1) is 13.5. The molecule has 1 aliphatic rings. The Labute approximate surface area is 119 Å². The van der Waals surface area contributed by atoms with Gasteiger partial charge in [-0.25, -0.2) is 22.0 Å². The maximum atomic E-state index is 14.8. The molecule has 2 unspecified atom stereocenters. The highest BCUT2D eigenvalue weighted by molar-refractivity contribution is 9.10. The summed E-state index contributed by atoms with van der Waals surface area (Å²) in [5, 5.41) is 0. The SMILES string of the molecule is Fc1c(F)c2c(c(F)c1Br)C(F)C2(F)c1ccccc1. The predicted molar refractivity (Wildman–Crippen MR) is 66.2 cm³/mol. The van der Waals surface area contributed by atoms with Gasteiger partial charge in [-0.1, -0.05) is 30.3 Å². The molecule has 0 N–H and O–H groups in total. The molecular weight excluding hydrogens is 343 g/mol. The van der Waals surface area contributed by atoms with E-state index >= 15 is 0 Å². The number of hydrogen-bond donors (Lipinski definition) is 0. The van der Waals surface area contributed by atoms with E-state index in [2.05, 4.69) is 15.9 Å². The van der Waals surface area contributed by atoms with Crippen LogP contribution in [0.5, 0.6) is 0 Å². The van der Waals surface area contributed by atoms with E-state index in [1.807, 2.05) is 0 Å². The van der Waals surface area contributed by atoms with Crippen molar-refractivity contribution in [3.63, 3.8) is 0 Å². The Bertz CT molecular complexity index is 701. The lowest BCUT2D eigenvalue weighted by molar-refractivity contribution is 0.0370. The molecule has 0 amide bonds. The number of halogens is 6. The highest BCUT2D eigenvalue weighted by atomic mass is 79.9. The van der Waals surface area contributed by atoms with Crippen molar-refractivity contribution in [1.82, 2.24) is 0 Å². The van der Waals surface area contributed by atoms with Crippen LogP contribution >= 0.6 is 15.9 Å². The van der Waals surface area contributed by atoms with Crippen LogP contribution in [-0.2, 0) is 5.67 Å². The van der Waals surface area contributed by atoms with Crippen molar-refractivity contribution in [2.75, 3.05) is 0 Å². The summed E-state index contributed by atoms with van der Waals surface area (Å²) in [5.74, 6) is -4.45. The van der Waals surface area contributed by atoms with E-state index in [1.165, 1.54) is 24.3 Å². The lowest BCUT2D eigenvalue weighted by Gasteiger charge is -2.41. The van der Waals surface area contributed by atoms with E-state index in [4.69, 9.17) is 0 Å². The maximum Gasteiger partial charge on any atom is 0.199 e. The zero-order valence-electron chi connectivity index (χ0n) is 9.73. The summed E-state index contributed by atoms with van der Waals surface area (Å²) in [6.07, 6.45) is -2.38. The van der Waals surface area contributed by atoms with Crippen LogP contribution in [0, 0.1) is 17.5 Å². The summed E-state index contributed by atoms with van der Waals surface area (Å²) >= 11 is 2.49. The van der Waals surface area contributed by atoms with Gasteiger partial charge in [-0.15, -0.1) is 0 Å². The van der Waals surface area contributed by atoms with Gasteiger partial charge in [0, 0.05) is 11.1 Å². The maximum absolute atomic E-state index is 14.8. The third kappa shape index (κ3) is 1.45. The molecule has 2 atom stereocenters. The minimum atomic E-state index is -2.87. The first-order chi connectivity index (χ1) is 9.40. The Morgan fingerprint density at radius 2 is 1.55 bits per heavy atom. The second-order valence-corrected chi connectivity index (χ2v) is 5.28. The van der Waals surface area contributed by atoms with Crippen molar-refractivity contribution >= 4 is 15.9 Å². The van der Waals surface area contributed by atoms with Gasteiger partial charge < -0.3 is 0 Å². The van der Waals surface area contributed by atoms with Gasteiger partial charge in [0.05, 0.1) is 4.47 Å². The van der Waals surface area contributed by atoms with Gasteiger partial charge in [-0.2, -0.15) is 0 Å². The van der Waals surface area contributed by atoms with E-state index in [1.54, 1.807) is 6.07 Å². The highest BCUT2D eigenvalue weighted by Gasteiger charge is 2.59. The summed E-state index contributed by atoms with van der Waals surface area (Å²) < 4.78 is 69.2. The van der Waals surface area contributed by atoms with Crippen LogP contribution in [0.4, 0.5) is 22.0 Å². The fraction of sp³-hybridized carbons (Fsp3) is 0.143. The molecule has 0 radical (unpaired) electrons. The standard InChI is InChI=1S/C14H6BrF5/c15-9-10(16)7-8(11(17)12(9)18)14(20,13(7)19)6-4-2-1-3-5-6/h1-5,13H. The lowest BCUT2D eigenvalue weighted by atomic mass is 9.68. The summed E-state index contributed by atoms with van der Waals surface area (Å²) in [5.41, 5.74) is -4.74. The molecule has 0 heterocycles. The summed E-state index contributed by atoms with van der Waals surface area (Å²) in [7, 11) is 0. The minimum absolute atomic E-state index is 0.181. The Kier molecular flexibility index (Phi) is 2.90. The molecule has 0 bridgehead atoms. The second-order valence-electron chi connectivity index (χ2n) is 4.48. The molecule has 2 aromatic carbocycles. The van der Waals surface area contributed by atoms with Gasteiger partial charge in [-0.05, 0) is 21.5 Å². The van der Waals surface area contributed by atoms with Crippen LogP contribution in [0.2, 0.25) is 0 Å². The molecule has 2 aromatic rings. The topological polar surface area (TPSA) is 0 Å². The molecule has 104 valence electrons. The molecule has 0 saturated heterocycles. The third-order valence-electron chi connectivity index (χ3n) is 3.46.